The molecular weight excluding hydrogens is 410 g/mol. The van der Waals surface area contributed by atoms with E-state index in [-0.39, 0.29) is 28.0 Å². The predicted octanol–water partition coefficient (Wildman–Crippen LogP) is -0.0105. The number of amides is 1. The second-order valence-electron chi connectivity index (χ2n) is 7.21. The molecule has 28 heavy (non-hydrogen) atoms. The second-order valence-corrected chi connectivity index (χ2v) is 11.4. The van der Waals surface area contributed by atoms with E-state index in [1.807, 2.05) is 4.90 Å². The lowest BCUT2D eigenvalue weighted by Gasteiger charge is -2.28. The molecule has 3 rings (SSSR count). The summed E-state index contributed by atoms with van der Waals surface area (Å²) in [6.45, 7) is 1.50. The van der Waals surface area contributed by atoms with Crippen LogP contribution >= 0.6 is 0 Å². The van der Waals surface area contributed by atoms with Crippen molar-refractivity contribution in [1.82, 2.24) is 10.2 Å². The number of nitrogens with zero attached hydrogens (tertiary/aromatic N) is 2. The monoisotopic (exact) mass is 431 g/mol. The Balaban J connectivity index is 1.89. The van der Waals surface area contributed by atoms with Gasteiger partial charge in [-0.3, -0.25) is 19.8 Å². The number of carbonyl (C=O) groups excluding carboxylic acids is 1. The average Bonchev–Trinajstić information content (AvgIpc) is 3.21. The molecule has 0 bridgehead atoms. The molecule has 2 aliphatic rings. The van der Waals surface area contributed by atoms with E-state index >= 15 is 0 Å². The van der Waals surface area contributed by atoms with Crippen molar-refractivity contribution in [1.29, 1.82) is 0 Å². The van der Waals surface area contributed by atoms with E-state index < -0.39 is 42.2 Å². The van der Waals surface area contributed by atoms with E-state index in [1.54, 1.807) is 0 Å². The summed E-state index contributed by atoms with van der Waals surface area (Å²) in [5.41, 5.74) is -0.720. The van der Waals surface area contributed by atoms with Gasteiger partial charge in [0.05, 0.1) is 27.4 Å². The third kappa shape index (κ3) is 4.50. The number of rotatable bonds is 5. The maximum atomic E-state index is 12.7. The van der Waals surface area contributed by atoms with Gasteiger partial charge in [-0.25, -0.2) is 16.8 Å². The highest BCUT2D eigenvalue weighted by Gasteiger charge is 2.42. The van der Waals surface area contributed by atoms with Gasteiger partial charge in [0.2, 0.25) is 0 Å². The van der Waals surface area contributed by atoms with Crippen molar-refractivity contribution in [3.63, 3.8) is 0 Å². The van der Waals surface area contributed by atoms with Crippen molar-refractivity contribution in [2.75, 3.05) is 30.9 Å². The first-order valence-corrected chi connectivity index (χ1v) is 12.4. The Bertz CT molecular complexity index is 1010. The van der Waals surface area contributed by atoms with Gasteiger partial charge in [0.25, 0.3) is 11.6 Å². The molecule has 2 aliphatic heterocycles. The van der Waals surface area contributed by atoms with E-state index in [4.69, 9.17) is 0 Å². The topological polar surface area (TPSA) is 144 Å². The van der Waals surface area contributed by atoms with Crippen molar-refractivity contribution >= 4 is 31.3 Å². The van der Waals surface area contributed by atoms with Crippen LogP contribution in [0.1, 0.15) is 23.2 Å². The zero-order valence-electron chi connectivity index (χ0n) is 15.2. The number of nitrogens with one attached hydrogen (secondary N) is 1. The van der Waals surface area contributed by atoms with Crippen molar-refractivity contribution in [3.8, 4) is 0 Å². The summed E-state index contributed by atoms with van der Waals surface area (Å²) in [6.07, 6.45) is 2.81. The third-order valence-corrected chi connectivity index (χ3v) is 7.85. The van der Waals surface area contributed by atoms with Crippen LogP contribution in [0.4, 0.5) is 5.69 Å². The van der Waals surface area contributed by atoms with Crippen molar-refractivity contribution in [3.05, 3.63) is 33.9 Å². The minimum absolute atomic E-state index is 0.0541. The number of nitro benzene ring substituents is 1. The highest BCUT2D eigenvalue weighted by atomic mass is 32.2. The number of likely N-dealkylation sites (tertiary alicyclic amines) is 1. The second kappa shape index (κ2) is 7.41. The number of carbonyl (C=O) groups is 1. The van der Waals surface area contributed by atoms with E-state index in [9.17, 15) is 31.7 Å². The van der Waals surface area contributed by atoms with Gasteiger partial charge in [-0.2, -0.15) is 0 Å². The first-order chi connectivity index (χ1) is 13.0. The molecule has 12 heteroatoms. The van der Waals surface area contributed by atoms with Gasteiger partial charge in [-0.15, -0.1) is 0 Å². The van der Waals surface area contributed by atoms with Crippen LogP contribution in [0.5, 0.6) is 0 Å². The van der Waals surface area contributed by atoms with Crippen LogP contribution in [-0.2, 0) is 19.7 Å². The normalized spacial score (nSPS) is 24.9. The van der Waals surface area contributed by atoms with Crippen LogP contribution in [0.3, 0.4) is 0 Å². The standard InChI is InChI=1S/C16H21N3O7S2/c1-27(23,24)13-7-11(6-12(8-13)19(21)22)16(20)17-14-9-28(25,26)10-15(14)18-4-2-3-5-18/h6-8,14-15H,2-5,9-10H2,1H3,(H,17,20). The summed E-state index contributed by atoms with van der Waals surface area (Å²) in [7, 11) is -7.10. The highest BCUT2D eigenvalue weighted by Crippen LogP contribution is 2.24. The van der Waals surface area contributed by atoms with Gasteiger partial charge in [0.15, 0.2) is 19.7 Å². The van der Waals surface area contributed by atoms with Crippen LogP contribution in [-0.4, -0.2) is 75.5 Å². The number of hydrogen-bond acceptors (Lipinski definition) is 8. The molecule has 1 N–H and O–H groups in total. The fourth-order valence-corrected chi connectivity index (χ4v) is 6.31. The summed E-state index contributed by atoms with van der Waals surface area (Å²) in [4.78, 5) is 24.7. The van der Waals surface area contributed by atoms with Crippen LogP contribution in [0.2, 0.25) is 0 Å². The Morgan fingerprint density at radius 3 is 2.43 bits per heavy atom. The Morgan fingerprint density at radius 2 is 1.86 bits per heavy atom. The molecule has 0 spiro atoms. The Labute approximate surface area is 162 Å². The lowest BCUT2D eigenvalue weighted by molar-refractivity contribution is -0.385. The van der Waals surface area contributed by atoms with E-state index in [0.717, 1.165) is 50.4 Å². The van der Waals surface area contributed by atoms with Crippen molar-refractivity contribution < 1.29 is 26.6 Å². The van der Waals surface area contributed by atoms with Gasteiger partial charge in [-0.1, -0.05) is 0 Å². The van der Waals surface area contributed by atoms with Crippen molar-refractivity contribution in [2.24, 2.45) is 0 Å². The van der Waals surface area contributed by atoms with Crippen LogP contribution < -0.4 is 5.32 Å². The molecule has 10 nitrogen and oxygen atoms in total. The van der Waals surface area contributed by atoms with E-state index in [0.29, 0.717) is 0 Å². The predicted molar refractivity (Wildman–Crippen MR) is 101 cm³/mol. The molecule has 2 saturated heterocycles. The van der Waals surface area contributed by atoms with E-state index in [1.165, 1.54) is 0 Å². The zero-order valence-corrected chi connectivity index (χ0v) is 16.8. The maximum absolute atomic E-state index is 12.7. The zero-order chi connectivity index (χ0) is 20.7. The fraction of sp³-hybridized carbons (Fsp3) is 0.562. The summed E-state index contributed by atoms with van der Waals surface area (Å²) < 4.78 is 47.8. The SMILES string of the molecule is CS(=O)(=O)c1cc(C(=O)NC2CS(=O)(=O)CC2N2CCCC2)cc([N+](=O)[O-])c1. The molecule has 2 atom stereocenters. The molecule has 0 aliphatic carbocycles. The first-order valence-electron chi connectivity index (χ1n) is 8.71. The highest BCUT2D eigenvalue weighted by molar-refractivity contribution is 7.91. The molecule has 1 amide bonds. The minimum atomic E-state index is -3.77. The Kier molecular flexibility index (Phi) is 5.47. The van der Waals surface area contributed by atoms with Crippen LogP contribution in [0.15, 0.2) is 23.1 Å². The summed E-state index contributed by atoms with van der Waals surface area (Å²) in [6, 6.07) is 1.92. The molecule has 0 aromatic heterocycles. The molecule has 1 aromatic rings. The molecule has 154 valence electrons. The van der Waals surface area contributed by atoms with E-state index in [2.05, 4.69) is 5.32 Å². The van der Waals surface area contributed by atoms with Gasteiger partial charge >= 0.3 is 0 Å². The molecule has 0 saturated carbocycles. The van der Waals surface area contributed by atoms with Gasteiger partial charge < -0.3 is 5.32 Å². The number of benzene rings is 1. The molecule has 1 aromatic carbocycles. The maximum Gasteiger partial charge on any atom is 0.271 e. The Morgan fingerprint density at radius 1 is 1.21 bits per heavy atom. The number of nitro groups is 1. The van der Waals surface area contributed by atoms with Gasteiger partial charge in [0, 0.05) is 30.0 Å². The molecule has 0 radical (unpaired) electrons. The Hall–Kier alpha value is -2.05. The van der Waals surface area contributed by atoms with Gasteiger partial charge in [0.1, 0.15) is 0 Å². The average molecular weight is 431 g/mol. The molecule has 2 fully saturated rings. The number of hydrogen-bond donors (Lipinski definition) is 1. The summed E-state index contributed by atoms with van der Waals surface area (Å²) in [5.74, 6) is -1.00. The van der Waals surface area contributed by atoms with Gasteiger partial charge in [-0.05, 0) is 32.0 Å². The van der Waals surface area contributed by atoms with Crippen LogP contribution in [0.25, 0.3) is 0 Å². The lowest BCUT2D eigenvalue weighted by Crippen LogP contribution is -2.50. The van der Waals surface area contributed by atoms with Crippen LogP contribution in [0, 0.1) is 10.1 Å². The summed E-state index contributed by atoms with van der Waals surface area (Å²) >= 11 is 0. The third-order valence-electron chi connectivity index (χ3n) is 5.04. The molecule has 2 unspecified atom stereocenters. The lowest BCUT2D eigenvalue weighted by atomic mass is 10.1. The quantitative estimate of drug-likeness (QED) is 0.506. The first kappa shape index (κ1) is 20.7. The largest absolute Gasteiger partial charge is 0.347 e. The molecule has 2 heterocycles. The minimum Gasteiger partial charge on any atom is -0.347 e. The smallest absolute Gasteiger partial charge is 0.271 e. The number of sulfone groups is 2. The number of non-ortho nitro benzene ring substituents is 1. The van der Waals surface area contributed by atoms with Crippen molar-refractivity contribution in [2.45, 2.75) is 29.8 Å². The fourth-order valence-electron chi connectivity index (χ4n) is 3.69. The molecular formula is C16H21N3O7S2. The summed E-state index contributed by atoms with van der Waals surface area (Å²) in [5, 5.41) is 13.7.